The predicted molar refractivity (Wildman–Crippen MR) is 63.2 cm³/mol. The van der Waals surface area contributed by atoms with Crippen LogP contribution in [0.3, 0.4) is 0 Å². The minimum Gasteiger partial charge on any atom is -0.357 e. The van der Waals surface area contributed by atoms with Crippen LogP contribution in [0.1, 0.15) is 12.0 Å². The highest BCUT2D eigenvalue weighted by Gasteiger charge is 2.61. The number of amides is 1. The van der Waals surface area contributed by atoms with Crippen molar-refractivity contribution in [3.63, 3.8) is 0 Å². The van der Waals surface area contributed by atoms with Gasteiger partial charge >= 0.3 is 6.18 Å². The number of hydrogen-bond donors (Lipinski definition) is 2. The Morgan fingerprint density at radius 3 is 2.79 bits per heavy atom. The van der Waals surface area contributed by atoms with Crippen LogP contribution < -0.4 is 10.6 Å². The van der Waals surface area contributed by atoms with Crippen molar-refractivity contribution in [3.8, 4) is 0 Å². The zero-order valence-corrected chi connectivity index (χ0v) is 10.5. The highest BCUT2D eigenvalue weighted by atomic mass is 19.4. The molecule has 4 nitrogen and oxygen atoms in total. The number of aryl methyl sites for hydroxylation is 1. The number of nitrogens with one attached hydrogen (secondary N) is 2. The molecule has 1 amide bonds. The lowest BCUT2D eigenvalue weighted by Gasteiger charge is -2.29. The molecule has 0 saturated carbocycles. The lowest BCUT2D eigenvalue weighted by atomic mass is 9.85. The Morgan fingerprint density at radius 1 is 1.58 bits per heavy atom. The van der Waals surface area contributed by atoms with E-state index in [1.165, 1.54) is 0 Å². The van der Waals surface area contributed by atoms with Crippen LogP contribution in [0.15, 0.2) is 18.5 Å². The van der Waals surface area contributed by atoms with Gasteiger partial charge < -0.3 is 15.2 Å². The lowest BCUT2D eigenvalue weighted by Crippen LogP contribution is -2.52. The van der Waals surface area contributed by atoms with Crippen LogP contribution in [-0.4, -0.2) is 29.7 Å². The molecule has 1 aromatic rings. The van der Waals surface area contributed by atoms with Crippen molar-refractivity contribution in [1.29, 1.82) is 0 Å². The molecular formula is C12H16F3N3O. The molecule has 1 atom stereocenters. The molecule has 0 aliphatic carbocycles. The minimum atomic E-state index is -4.53. The van der Waals surface area contributed by atoms with Crippen molar-refractivity contribution in [2.75, 3.05) is 13.1 Å². The van der Waals surface area contributed by atoms with E-state index in [0.717, 1.165) is 5.56 Å². The number of aromatic nitrogens is 1. The summed E-state index contributed by atoms with van der Waals surface area (Å²) in [4.78, 5) is 11.9. The van der Waals surface area contributed by atoms with Crippen LogP contribution in [0.2, 0.25) is 0 Å². The number of nitrogens with zero attached hydrogens (tertiary/aromatic N) is 1. The van der Waals surface area contributed by atoms with Crippen LogP contribution in [0.4, 0.5) is 13.2 Å². The average Bonchev–Trinajstić information content (AvgIpc) is 2.94. The van der Waals surface area contributed by atoms with E-state index in [9.17, 15) is 18.0 Å². The molecule has 1 saturated heterocycles. The van der Waals surface area contributed by atoms with E-state index in [1.807, 2.05) is 7.05 Å². The van der Waals surface area contributed by atoms with Crippen LogP contribution in [0.5, 0.6) is 0 Å². The molecule has 106 valence electrons. The van der Waals surface area contributed by atoms with E-state index in [2.05, 4.69) is 10.6 Å². The topological polar surface area (TPSA) is 46.1 Å². The van der Waals surface area contributed by atoms with Crippen LogP contribution in [0, 0.1) is 5.41 Å². The highest BCUT2D eigenvalue weighted by molar-refractivity contribution is 5.84. The van der Waals surface area contributed by atoms with Crippen LogP contribution in [0.25, 0.3) is 0 Å². The largest absolute Gasteiger partial charge is 0.404 e. The summed E-state index contributed by atoms with van der Waals surface area (Å²) in [5, 5.41) is 5.01. The second-order valence-electron chi connectivity index (χ2n) is 4.87. The first-order valence-corrected chi connectivity index (χ1v) is 6.02. The third-order valence-corrected chi connectivity index (χ3v) is 3.48. The van der Waals surface area contributed by atoms with Crippen molar-refractivity contribution >= 4 is 5.91 Å². The summed E-state index contributed by atoms with van der Waals surface area (Å²) in [6.07, 6.45) is -1.21. The van der Waals surface area contributed by atoms with Gasteiger partial charge in [-0.3, -0.25) is 4.79 Å². The molecule has 2 N–H and O–H groups in total. The normalized spacial score (nSPS) is 23.6. The Morgan fingerprint density at radius 2 is 2.32 bits per heavy atom. The van der Waals surface area contributed by atoms with E-state index in [4.69, 9.17) is 0 Å². The smallest absolute Gasteiger partial charge is 0.357 e. The maximum Gasteiger partial charge on any atom is 0.404 e. The molecule has 0 bridgehead atoms. The molecule has 1 aliphatic heterocycles. The first-order valence-electron chi connectivity index (χ1n) is 6.02. The van der Waals surface area contributed by atoms with Gasteiger partial charge in [0.1, 0.15) is 0 Å². The SMILES string of the molecule is Cn1ccc(CNC(=O)C2(C(F)(F)F)CCNC2)c1. The Bertz CT molecular complexity index is 461. The maximum atomic E-state index is 13.1. The van der Waals surface area contributed by atoms with Gasteiger partial charge in [-0.2, -0.15) is 13.2 Å². The monoisotopic (exact) mass is 275 g/mol. The molecule has 7 heteroatoms. The summed E-state index contributed by atoms with van der Waals surface area (Å²) in [7, 11) is 1.81. The van der Waals surface area contributed by atoms with Gasteiger partial charge in [-0.25, -0.2) is 0 Å². The van der Waals surface area contributed by atoms with E-state index >= 15 is 0 Å². The Hall–Kier alpha value is -1.50. The molecule has 0 aromatic carbocycles. The van der Waals surface area contributed by atoms with E-state index < -0.39 is 17.5 Å². The van der Waals surface area contributed by atoms with Crippen molar-refractivity contribution in [2.45, 2.75) is 19.1 Å². The summed E-state index contributed by atoms with van der Waals surface area (Å²) in [6, 6.07) is 1.76. The third kappa shape index (κ3) is 2.60. The van der Waals surface area contributed by atoms with Gasteiger partial charge in [-0.15, -0.1) is 0 Å². The summed E-state index contributed by atoms with van der Waals surface area (Å²) in [6.45, 7) is -0.0348. The van der Waals surface area contributed by atoms with Gasteiger partial charge in [0.25, 0.3) is 0 Å². The molecule has 2 heterocycles. The van der Waals surface area contributed by atoms with Gasteiger partial charge in [-0.05, 0) is 24.6 Å². The van der Waals surface area contributed by atoms with Crippen molar-refractivity contribution in [3.05, 3.63) is 24.0 Å². The molecule has 1 aromatic heterocycles. The fourth-order valence-corrected chi connectivity index (χ4v) is 2.27. The number of hydrogen-bond acceptors (Lipinski definition) is 2. The van der Waals surface area contributed by atoms with Gasteiger partial charge in [0, 0.05) is 32.5 Å². The Kier molecular flexibility index (Phi) is 3.58. The van der Waals surface area contributed by atoms with Gasteiger partial charge in [0.05, 0.1) is 0 Å². The second-order valence-corrected chi connectivity index (χ2v) is 4.87. The standard InChI is InChI=1S/C12H16F3N3O/c1-18-5-2-9(7-18)6-17-10(19)11(12(13,14)15)3-4-16-8-11/h2,5,7,16H,3-4,6,8H2,1H3,(H,17,19). The van der Waals surface area contributed by atoms with Gasteiger partial charge in [-0.1, -0.05) is 0 Å². The molecular weight excluding hydrogens is 259 g/mol. The molecule has 19 heavy (non-hydrogen) atoms. The molecule has 1 fully saturated rings. The average molecular weight is 275 g/mol. The van der Waals surface area contributed by atoms with E-state index in [-0.39, 0.29) is 26.1 Å². The fourth-order valence-electron chi connectivity index (χ4n) is 2.27. The van der Waals surface area contributed by atoms with Gasteiger partial charge in [0.15, 0.2) is 5.41 Å². The Balaban J connectivity index is 2.05. The summed E-state index contributed by atoms with van der Waals surface area (Å²) < 4.78 is 41.0. The summed E-state index contributed by atoms with van der Waals surface area (Å²) in [5.41, 5.74) is -1.51. The number of carbonyl (C=O) groups excluding carboxylic acids is 1. The number of rotatable bonds is 3. The quantitative estimate of drug-likeness (QED) is 0.870. The fraction of sp³-hybridized carbons (Fsp3) is 0.583. The van der Waals surface area contributed by atoms with E-state index in [1.54, 1.807) is 23.0 Å². The van der Waals surface area contributed by atoms with Crippen LogP contribution >= 0.6 is 0 Å². The highest BCUT2D eigenvalue weighted by Crippen LogP contribution is 2.43. The molecule has 1 aliphatic rings. The molecule has 1 unspecified atom stereocenters. The number of carbonyl (C=O) groups is 1. The first kappa shape index (κ1) is 13.9. The molecule has 0 spiro atoms. The summed E-state index contributed by atoms with van der Waals surface area (Å²) in [5.74, 6) is -0.950. The molecule has 0 radical (unpaired) electrons. The van der Waals surface area contributed by atoms with Crippen molar-refractivity contribution in [1.82, 2.24) is 15.2 Å². The third-order valence-electron chi connectivity index (χ3n) is 3.48. The number of halogens is 3. The van der Waals surface area contributed by atoms with Crippen LogP contribution in [-0.2, 0) is 18.4 Å². The van der Waals surface area contributed by atoms with Crippen molar-refractivity contribution in [2.24, 2.45) is 12.5 Å². The first-order chi connectivity index (χ1) is 8.85. The van der Waals surface area contributed by atoms with E-state index in [0.29, 0.717) is 0 Å². The zero-order valence-electron chi connectivity index (χ0n) is 10.5. The minimum absolute atomic E-state index is 0.109. The van der Waals surface area contributed by atoms with Crippen molar-refractivity contribution < 1.29 is 18.0 Å². The number of alkyl halides is 3. The second kappa shape index (κ2) is 4.88. The maximum absolute atomic E-state index is 13.1. The predicted octanol–water partition coefficient (Wildman–Crippen LogP) is 1.18. The summed E-state index contributed by atoms with van der Waals surface area (Å²) >= 11 is 0. The Labute approximate surface area is 109 Å². The molecule has 2 rings (SSSR count). The van der Waals surface area contributed by atoms with Gasteiger partial charge in [0.2, 0.25) is 5.91 Å². The lowest BCUT2D eigenvalue weighted by molar-refractivity contribution is -0.216. The zero-order chi connectivity index (χ0) is 14.1.